The number of nitrogens with one attached hydrogen (secondary N) is 2. The Morgan fingerprint density at radius 1 is 1.15 bits per heavy atom. The Balaban J connectivity index is 1.93. The second kappa shape index (κ2) is 8.92. The Bertz CT molecular complexity index is 902. The highest BCUT2D eigenvalue weighted by molar-refractivity contribution is 7.89. The van der Waals surface area contributed by atoms with Crippen molar-refractivity contribution in [2.45, 2.75) is 31.2 Å². The molecule has 0 bridgehead atoms. The fraction of sp³-hybridized carbons (Fsp3) is 0.278. The summed E-state index contributed by atoms with van der Waals surface area (Å²) in [5.41, 5.74) is -0.164. The van der Waals surface area contributed by atoms with Crippen molar-refractivity contribution in [3.63, 3.8) is 0 Å². The van der Waals surface area contributed by atoms with Crippen molar-refractivity contribution in [1.29, 1.82) is 0 Å². The molecule has 0 saturated carbocycles. The lowest BCUT2D eigenvalue weighted by atomic mass is 10.3. The minimum Gasteiger partial charge on any atom is -0.484 e. The molecule has 146 valence electrons. The summed E-state index contributed by atoms with van der Waals surface area (Å²) in [6.45, 7) is 3.21. The molecule has 6 nitrogen and oxygen atoms in total. The molecule has 2 rings (SSSR count). The lowest BCUT2D eigenvalue weighted by Crippen LogP contribution is -2.31. The second-order valence-corrected chi connectivity index (χ2v) is 7.58. The third-order valence-electron chi connectivity index (χ3n) is 3.68. The van der Waals surface area contributed by atoms with Crippen LogP contribution in [0.2, 0.25) is 0 Å². The summed E-state index contributed by atoms with van der Waals surface area (Å²) in [6, 6.07) is 8.13. The Morgan fingerprint density at radius 3 is 2.41 bits per heavy atom. The average molecular weight is 398 g/mol. The minimum atomic E-state index is -3.63. The zero-order chi connectivity index (χ0) is 20.0. The molecule has 0 aliphatic carbocycles. The van der Waals surface area contributed by atoms with Crippen molar-refractivity contribution in [3.8, 4) is 5.75 Å². The number of amides is 1. The molecule has 2 N–H and O–H groups in total. The molecule has 0 radical (unpaired) electrons. The van der Waals surface area contributed by atoms with E-state index in [1.807, 2.05) is 6.92 Å². The van der Waals surface area contributed by atoms with Crippen molar-refractivity contribution in [2.75, 3.05) is 11.9 Å². The number of anilines is 1. The van der Waals surface area contributed by atoms with Crippen molar-refractivity contribution in [1.82, 2.24) is 4.72 Å². The maximum Gasteiger partial charge on any atom is 0.262 e. The largest absolute Gasteiger partial charge is 0.484 e. The molecule has 0 saturated heterocycles. The zero-order valence-corrected chi connectivity index (χ0v) is 15.6. The smallest absolute Gasteiger partial charge is 0.262 e. The van der Waals surface area contributed by atoms with Crippen LogP contribution in [0.3, 0.4) is 0 Å². The van der Waals surface area contributed by atoms with E-state index in [9.17, 15) is 22.0 Å². The predicted molar refractivity (Wildman–Crippen MR) is 97.0 cm³/mol. The van der Waals surface area contributed by atoms with E-state index in [0.717, 1.165) is 12.1 Å². The van der Waals surface area contributed by atoms with Crippen LogP contribution in [-0.4, -0.2) is 27.0 Å². The molecule has 2 aromatic carbocycles. The molecule has 27 heavy (non-hydrogen) atoms. The number of rotatable bonds is 8. The van der Waals surface area contributed by atoms with E-state index in [1.54, 1.807) is 6.92 Å². The molecule has 0 spiro atoms. The van der Waals surface area contributed by atoms with Gasteiger partial charge in [-0.3, -0.25) is 4.79 Å². The first-order chi connectivity index (χ1) is 12.7. The number of sulfonamides is 1. The number of benzene rings is 2. The normalized spacial score (nSPS) is 12.4. The van der Waals surface area contributed by atoms with Crippen LogP contribution in [0, 0.1) is 11.6 Å². The molecule has 0 aliphatic rings. The van der Waals surface area contributed by atoms with Gasteiger partial charge in [-0.05, 0) is 49.7 Å². The van der Waals surface area contributed by atoms with Crippen molar-refractivity contribution >= 4 is 21.6 Å². The monoisotopic (exact) mass is 398 g/mol. The number of ether oxygens (including phenoxy) is 1. The van der Waals surface area contributed by atoms with E-state index in [-0.39, 0.29) is 22.4 Å². The van der Waals surface area contributed by atoms with Crippen LogP contribution in [0.25, 0.3) is 0 Å². The topological polar surface area (TPSA) is 84.5 Å². The van der Waals surface area contributed by atoms with Gasteiger partial charge < -0.3 is 10.1 Å². The average Bonchev–Trinajstić information content (AvgIpc) is 2.62. The number of halogens is 2. The molecule has 1 amide bonds. The standard InChI is InChI=1S/C18H20F2N2O4S/c1-3-12(2)22-27(24,25)15-7-5-14(6-8-15)26-11-18(23)21-17-9-4-13(19)10-16(17)20/h4-10,12,22H,3,11H2,1-2H3,(H,21,23)/t12-/m0/s1. The highest BCUT2D eigenvalue weighted by Crippen LogP contribution is 2.17. The first-order valence-corrected chi connectivity index (χ1v) is 9.69. The maximum atomic E-state index is 13.5. The molecule has 1 atom stereocenters. The Labute approximate surface area is 156 Å². The van der Waals surface area contributed by atoms with Gasteiger partial charge in [0.2, 0.25) is 10.0 Å². The fourth-order valence-corrected chi connectivity index (χ4v) is 3.38. The van der Waals surface area contributed by atoms with Crippen LogP contribution in [0.1, 0.15) is 20.3 Å². The predicted octanol–water partition coefficient (Wildman–Crippen LogP) is 3.06. The summed E-state index contributed by atoms with van der Waals surface area (Å²) in [5, 5.41) is 2.26. The van der Waals surface area contributed by atoms with E-state index in [2.05, 4.69) is 10.0 Å². The molecule has 9 heteroatoms. The third kappa shape index (κ3) is 6.00. The first-order valence-electron chi connectivity index (χ1n) is 8.21. The Hall–Kier alpha value is -2.52. The highest BCUT2D eigenvalue weighted by Gasteiger charge is 2.16. The molecule has 0 aromatic heterocycles. The van der Waals surface area contributed by atoms with Gasteiger partial charge >= 0.3 is 0 Å². The van der Waals surface area contributed by atoms with E-state index in [0.29, 0.717) is 12.5 Å². The molecule has 0 unspecified atom stereocenters. The molecule has 0 heterocycles. The molecule has 0 fully saturated rings. The highest BCUT2D eigenvalue weighted by atomic mass is 32.2. The van der Waals surface area contributed by atoms with Gasteiger partial charge in [-0.25, -0.2) is 21.9 Å². The number of hydrogen-bond donors (Lipinski definition) is 2. The zero-order valence-electron chi connectivity index (χ0n) is 14.8. The molecular weight excluding hydrogens is 378 g/mol. The summed E-state index contributed by atoms with van der Waals surface area (Å²) >= 11 is 0. The summed E-state index contributed by atoms with van der Waals surface area (Å²) in [6.07, 6.45) is 0.657. The van der Waals surface area contributed by atoms with Crippen LogP contribution in [0.5, 0.6) is 5.75 Å². The first kappa shape index (κ1) is 20.8. The van der Waals surface area contributed by atoms with Crippen LogP contribution in [0.15, 0.2) is 47.4 Å². The summed E-state index contributed by atoms with van der Waals surface area (Å²) in [7, 11) is -3.63. The second-order valence-electron chi connectivity index (χ2n) is 5.86. The number of carbonyl (C=O) groups excluding carboxylic acids is 1. The quantitative estimate of drug-likeness (QED) is 0.716. The van der Waals surface area contributed by atoms with Gasteiger partial charge in [-0.2, -0.15) is 0 Å². The molecule has 0 aliphatic heterocycles. The molecule has 2 aromatic rings. The summed E-state index contributed by atoms with van der Waals surface area (Å²) in [4.78, 5) is 11.9. The minimum absolute atomic E-state index is 0.0768. The third-order valence-corrected chi connectivity index (χ3v) is 5.28. The van der Waals surface area contributed by atoms with Gasteiger partial charge in [-0.15, -0.1) is 0 Å². The van der Waals surface area contributed by atoms with Crippen molar-refractivity contribution < 1.29 is 26.7 Å². The van der Waals surface area contributed by atoms with Gasteiger partial charge in [0, 0.05) is 12.1 Å². The summed E-state index contributed by atoms with van der Waals surface area (Å²) in [5.74, 6) is -2.02. The fourth-order valence-electron chi connectivity index (χ4n) is 2.06. The van der Waals surface area contributed by atoms with Crippen LogP contribution >= 0.6 is 0 Å². The van der Waals surface area contributed by atoms with Crippen molar-refractivity contribution in [2.24, 2.45) is 0 Å². The maximum absolute atomic E-state index is 13.5. The van der Waals surface area contributed by atoms with E-state index in [1.165, 1.54) is 24.3 Å². The Morgan fingerprint density at radius 2 is 1.81 bits per heavy atom. The van der Waals surface area contributed by atoms with Gasteiger partial charge in [-0.1, -0.05) is 6.92 Å². The van der Waals surface area contributed by atoms with E-state index in [4.69, 9.17) is 4.74 Å². The number of carbonyl (C=O) groups is 1. The Kier molecular flexibility index (Phi) is 6.86. The van der Waals surface area contributed by atoms with Gasteiger partial charge in [0.05, 0.1) is 10.6 Å². The summed E-state index contributed by atoms with van der Waals surface area (Å²) < 4.78 is 58.4. The molecular formula is C18H20F2N2O4S. The van der Waals surface area contributed by atoms with Crippen LogP contribution in [-0.2, 0) is 14.8 Å². The van der Waals surface area contributed by atoms with Gasteiger partial charge in [0.25, 0.3) is 5.91 Å². The van der Waals surface area contributed by atoms with Crippen LogP contribution in [0.4, 0.5) is 14.5 Å². The lowest BCUT2D eigenvalue weighted by molar-refractivity contribution is -0.118. The van der Waals surface area contributed by atoms with Gasteiger partial charge in [0.15, 0.2) is 6.61 Å². The van der Waals surface area contributed by atoms with Gasteiger partial charge in [0.1, 0.15) is 17.4 Å². The SMILES string of the molecule is CC[C@H](C)NS(=O)(=O)c1ccc(OCC(=O)Nc2ccc(F)cc2F)cc1. The van der Waals surface area contributed by atoms with Crippen LogP contribution < -0.4 is 14.8 Å². The lowest BCUT2D eigenvalue weighted by Gasteiger charge is -2.12. The number of hydrogen-bond acceptors (Lipinski definition) is 4. The van der Waals surface area contributed by atoms with E-state index < -0.39 is 34.2 Å². The van der Waals surface area contributed by atoms with E-state index >= 15 is 0 Å². The van der Waals surface area contributed by atoms with Crippen molar-refractivity contribution in [3.05, 3.63) is 54.1 Å².